The van der Waals surface area contributed by atoms with E-state index in [0.29, 0.717) is 5.92 Å². The highest BCUT2D eigenvalue weighted by molar-refractivity contribution is 5.22. The van der Waals surface area contributed by atoms with E-state index in [1.165, 1.54) is 0 Å². The van der Waals surface area contributed by atoms with E-state index in [9.17, 15) is 0 Å². The molecule has 1 unspecified atom stereocenters. The summed E-state index contributed by atoms with van der Waals surface area (Å²) in [6.45, 7) is 13.4. The maximum atomic E-state index is 5.37. The van der Waals surface area contributed by atoms with Gasteiger partial charge < -0.3 is 10.7 Å². The van der Waals surface area contributed by atoms with Gasteiger partial charge in [0.1, 0.15) is 0 Å². The van der Waals surface area contributed by atoms with E-state index < -0.39 is 0 Å². The normalized spacial score (nSPS) is 11.8. The van der Waals surface area contributed by atoms with E-state index >= 15 is 0 Å². The van der Waals surface area contributed by atoms with Crippen LogP contribution in [0.25, 0.3) is 0 Å². The Morgan fingerprint density at radius 2 is 1.73 bits per heavy atom. The quantitative estimate of drug-likeness (QED) is 0.626. The van der Waals surface area contributed by atoms with Crippen LogP contribution >= 0.6 is 0 Å². The first-order chi connectivity index (χ1) is 5.09. The Balaban J connectivity index is 0. The third-order valence-corrected chi connectivity index (χ3v) is 1.73. The molecule has 2 N–H and O–H groups in total. The highest BCUT2D eigenvalue weighted by atomic mass is 14.6. The Labute approximate surface area is 70.9 Å². The SMILES string of the molecule is C=NCC.CC(C)C(C)CN. The first-order valence-corrected chi connectivity index (χ1v) is 4.22. The van der Waals surface area contributed by atoms with Gasteiger partial charge in [0.15, 0.2) is 0 Å². The van der Waals surface area contributed by atoms with E-state index in [1.54, 1.807) is 0 Å². The molecule has 2 nitrogen and oxygen atoms in total. The van der Waals surface area contributed by atoms with Crippen LogP contribution in [0.1, 0.15) is 27.7 Å². The Morgan fingerprint density at radius 3 is 1.73 bits per heavy atom. The maximum Gasteiger partial charge on any atom is 0.0353 e. The lowest BCUT2D eigenvalue weighted by Gasteiger charge is -2.10. The molecule has 1 atom stereocenters. The molecule has 0 aromatic rings. The number of hydrogen-bond acceptors (Lipinski definition) is 2. The van der Waals surface area contributed by atoms with Crippen LogP contribution in [0.2, 0.25) is 0 Å². The molecular weight excluding hydrogens is 136 g/mol. The summed E-state index contributed by atoms with van der Waals surface area (Å²) in [5.74, 6) is 1.42. The molecule has 11 heavy (non-hydrogen) atoms. The number of nitrogens with two attached hydrogens (primary N) is 1. The van der Waals surface area contributed by atoms with Crippen LogP contribution in [0.5, 0.6) is 0 Å². The molecule has 2 heteroatoms. The van der Waals surface area contributed by atoms with Crippen molar-refractivity contribution in [1.82, 2.24) is 0 Å². The zero-order valence-corrected chi connectivity index (χ0v) is 8.30. The van der Waals surface area contributed by atoms with Gasteiger partial charge in [-0.25, -0.2) is 0 Å². The predicted molar refractivity (Wildman–Crippen MR) is 53.1 cm³/mol. The average Bonchev–Trinajstić information content (AvgIpc) is 2.03. The monoisotopic (exact) mass is 158 g/mol. The predicted octanol–water partition coefficient (Wildman–Crippen LogP) is 1.94. The molecule has 0 spiro atoms. The molecule has 0 bridgehead atoms. The van der Waals surface area contributed by atoms with Crippen LogP contribution in [0.3, 0.4) is 0 Å². The highest BCUT2D eigenvalue weighted by Gasteiger charge is 2.01. The summed E-state index contributed by atoms with van der Waals surface area (Å²) in [4.78, 5) is 3.49. The molecule has 0 fully saturated rings. The van der Waals surface area contributed by atoms with Crippen LogP contribution in [-0.2, 0) is 0 Å². The lowest BCUT2D eigenvalue weighted by Crippen LogP contribution is -2.15. The second-order valence-corrected chi connectivity index (χ2v) is 3.00. The van der Waals surface area contributed by atoms with Gasteiger partial charge in [0.05, 0.1) is 0 Å². The summed E-state index contributed by atoms with van der Waals surface area (Å²) in [6, 6.07) is 0. The first-order valence-electron chi connectivity index (χ1n) is 4.22. The molecule has 0 saturated carbocycles. The largest absolute Gasteiger partial charge is 0.330 e. The van der Waals surface area contributed by atoms with Crippen molar-refractivity contribution in [2.75, 3.05) is 13.1 Å². The Morgan fingerprint density at radius 1 is 1.36 bits per heavy atom. The summed E-state index contributed by atoms with van der Waals surface area (Å²) in [7, 11) is 0. The van der Waals surface area contributed by atoms with Gasteiger partial charge in [0, 0.05) is 6.54 Å². The van der Waals surface area contributed by atoms with Gasteiger partial charge in [0.2, 0.25) is 0 Å². The van der Waals surface area contributed by atoms with Crippen molar-refractivity contribution in [1.29, 1.82) is 0 Å². The number of aliphatic imine (C=N–C) groups is 1. The minimum Gasteiger partial charge on any atom is -0.330 e. The molecule has 0 aliphatic heterocycles. The minimum atomic E-state index is 0.681. The van der Waals surface area contributed by atoms with E-state index in [2.05, 4.69) is 32.5 Å². The van der Waals surface area contributed by atoms with Gasteiger partial charge in [-0.15, -0.1) is 0 Å². The summed E-state index contributed by atoms with van der Waals surface area (Å²) in [5, 5.41) is 0. The van der Waals surface area contributed by atoms with Gasteiger partial charge in [-0.3, -0.25) is 0 Å². The van der Waals surface area contributed by atoms with E-state index in [1.807, 2.05) is 6.92 Å². The molecule has 0 aromatic carbocycles. The molecule has 0 aliphatic rings. The lowest BCUT2D eigenvalue weighted by molar-refractivity contribution is 0.429. The van der Waals surface area contributed by atoms with Gasteiger partial charge >= 0.3 is 0 Å². The fraction of sp³-hybridized carbons (Fsp3) is 0.889. The topological polar surface area (TPSA) is 38.4 Å². The second kappa shape index (κ2) is 9.63. The van der Waals surface area contributed by atoms with Crippen LogP contribution in [-0.4, -0.2) is 19.8 Å². The van der Waals surface area contributed by atoms with Crippen molar-refractivity contribution in [3.63, 3.8) is 0 Å². The molecular formula is C9H22N2. The molecule has 0 amide bonds. The molecule has 0 rings (SSSR count). The fourth-order valence-corrected chi connectivity index (χ4v) is 0.272. The summed E-state index contributed by atoms with van der Waals surface area (Å²) in [6.07, 6.45) is 0. The van der Waals surface area contributed by atoms with Crippen LogP contribution in [0.4, 0.5) is 0 Å². The van der Waals surface area contributed by atoms with E-state index in [-0.39, 0.29) is 0 Å². The Hall–Kier alpha value is -0.370. The zero-order valence-electron chi connectivity index (χ0n) is 8.30. The van der Waals surface area contributed by atoms with Gasteiger partial charge in [-0.1, -0.05) is 20.8 Å². The maximum absolute atomic E-state index is 5.37. The zero-order chi connectivity index (χ0) is 9.28. The molecule has 0 aliphatic carbocycles. The number of nitrogens with zero attached hydrogens (tertiary/aromatic N) is 1. The Bertz CT molecular complexity index is 79.6. The van der Waals surface area contributed by atoms with Crippen LogP contribution in [0, 0.1) is 11.8 Å². The van der Waals surface area contributed by atoms with E-state index in [0.717, 1.165) is 19.0 Å². The van der Waals surface area contributed by atoms with Crippen molar-refractivity contribution in [3.05, 3.63) is 0 Å². The summed E-state index contributed by atoms with van der Waals surface area (Å²) in [5.41, 5.74) is 5.37. The standard InChI is InChI=1S/C6H15N.C3H7N/c1-5(2)6(3)4-7;1-3-4-2/h5-6H,4,7H2,1-3H3;2-3H2,1H3. The minimum absolute atomic E-state index is 0.681. The van der Waals surface area contributed by atoms with Gasteiger partial charge in [-0.2, -0.15) is 0 Å². The van der Waals surface area contributed by atoms with Crippen molar-refractivity contribution in [2.45, 2.75) is 27.7 Å². The average molecular weight is 158 g/mol. The molecule has 68 valence electrons. The third-order valence-electron chi connectivity index (χ3n) is 1.73. The van der Waals surface area contributed by atoms with Crippen molar-refractivity contribution < 1.29 is 0 Å². The van der Waals surface area contributed by atoms with Crippen LogP contribution < -0.4 is 5.73 Å². The lowest BCUT2D eigenvalue weighted by atomic mass is 9.99. The highest BCUT2D eigenvalue weighted by Crippen LogP contribution is 2.05. The van der Waals surface area contributed by atoms with Crippen molar-refractivity contribution in [2.24, 2.45) is 22.6 Å². The van der Waals surface area contributed by atoms with E-state index in [4.69, 9.17) is 5.73 Å². The van der Waals surface area contributed by atoms with Crippen molar-refractivity contribution in [3.8, 4) is 0 Å². The molecule has 0 radical (unpaired) electrons. The van der Waals surface area contributed by atoms with Gasteiger partial charge in [0.25, 0.3) is 0 Å². The molecule has 0 aromatic heterocycles. The van der Waals surface area contributed by atoms with Crippen LogP contribution in [0.15, 0.2) is 4.99 Å². The van der Waals surface area contributed by atoms with Crippen molar-refractivity contribution >= 4 is 6.72 Å². The first kappa shape index (κ1) is 13.2. The van der Waals surface area contributed by atoms with Gasteiger partial charge in [-0.05, 0) is 32.0 Å². The summed E-state index contributed by atoms with van der Waals surface area (Å²) >= 11 is 0. The molecule has 0 heterocycles. The second-order valence-electron chi connectivity index (χ2n) is 3.00. The fourth-order valence-electron chi connectivity index (χ4n) is 0.272. The summed E-state index contributed by atoms with van der Waals surface area (Å²) < 4.78 is 0. The number of rotatable bonds is 3. The third kappa shape index (κ3) is 12.8. The Kier molecular flexibility index (Phi) is 11.6. The smallest absolute Gasteiger partial charge is 0.0353 e. The number of hydrogen-bond donors (Lipinski definition) is 1. The molecule has 0 saturated heterocycles.